The maximum Gasteiger partial charge on any atom is 0.265 e. The van der Waals surface area contributed by atoms with Crippen LogP contribution >= 0.6 is 23.1 Å². The van der Waals surface area contributed by atoms with Gasteiger partial charge in [-0.15, -0.1) is 11.3 Å². The van der Waals surface area contributed by atoms with Gasteiger partial charge < -0.3 is 10.4 Å². The highest BCUT2D eigenvalue weighted by Gasteiger charge is 2.17. The van der Waals surface area contributed by atoms with Gasteiger partial charge in [-0.2, -0.15) is 0 Å². The first-order valence-corrected chi connectivity index (χ1v) is 7.58. The Morgan fingerprint density at radius 3 is 2.90 bits per heavy atom. The molecule has 0 saturated heterocycles. The van der Waals surface area contributed by atoms with Crippen molar-refractivity contribution >= 4 is 39.2 Å². The molecule has 1 aromatic heterocycles. The number of aliphatic hydroxyl groups is 1. The van der Waals surface area contributed by atoms with Gasteiger partial charge in [-0.05, 0) is 12.1 Å². The molecule has 2 N–H and O–H groups in total. The van der Waals surface area contributed by atoms with E-state index in [4.69, 9.17) is 5.11 Å². The fourth-order valence-corrected chi connectivity index (χ4v) is 3.30. The van der Waals surface area contributed by atoms with E-state index in [1.165, 1.54) is 23.1 Å². The van der Waals surface area contributed by atoms with Gasteiger partial charge in [0.15, 0.2) is 4.34 Å². The van der Waals surface area contributed by atoms with Crippen LogP contribution in [0.15, 0.2) is 28.6 Å². The number of thiazole rings is 1. The predicted octanol–water partition coefficient (Wildman–Crippen LogP) is 2.13. The summed E-state index contributed by atoms with van der Waals surface area (Å²) in [5.41, 5.74) is 0.869. The molecule has 0 radical (unpaired) electrons. The van der Waals surface area contributed by atoms with E-state index in [-0.39, 0.29) is 5.75 Å². The van der Waals surface area contributed by atoms with Crippen molar-refractivity contribution in [2.24, 2.45) is 0 Å². The first-order valence-electron chi connectivity index (χ1n) is 5.77. The first-order chi connectivity index (χ1) is 9.56. The number of fused-ring (bicyclic) bond motifs is 1. The van der Waals surface area contributed by atoms with E-state index in [1.807, 2.05) is 24.3 Å². The summed E-state index contributed by atoms with van der Waals surface area (Å²) in [5, 5.41) is 11.1. The third-order valence-corrected chi connectivity index (χ3v) is 4.58. The summed E-state index contributed by atoms with van der Waals surface area (Å²) in [5.74, 6) is -0.329. The van der Waals surface area contributed by atoms with E-state index < -0.39 is 25.0 Å². The molecule has 0 aliphatic rings. The second-order valence-corrected chi connectivity index (χ2v) is 6.20. The number of rotatable bonds is 6. The lowest BCUT2D eigenvalue weighted by atomic mass is 10.3. The van der Waals surface area contributed by atoms with Crippen molar-refractivity contribution in [1.29, 1.82) is 0 Å². The van der Waals surface area contributed by atoms with Crippen LogP contribution in [0, 0.1) is 0 Å². The monoisotopic (exact) mass is 318 g/mol. The zero-order valence-electron chi connectivity index (χ0n) is 10.3. The van der Waals surface area contributed by atoms with Crippen LogP contribution in [-0.2, 0) is 4.79 Å². The summed E-state index contributed by atoms with van der Waals surface area (Å²) < 4.78 is 25.8. The minimum atomic E-state index is -2.85. The Morgan fingerprint density at radius 1 is 1.45 bits per heavy atom. The van der Waals surface area contributed by atoms with Gasteiger partial charge in [0.1, 0.15) is 6.10 Å². The smallest absolute Gasteiger partial charge is 0.265 e. The average molecular weight is 318 g/mol. The number of carbonyl (C=O) groups is 1. The van der Waals surface area contributed by atoms with E-state index in [9.17, 15) is 13.6 Å². The molecule has 0 fully saturated rings. The quantitative estimate of drug-likeness (QED) is 0.801. The molecule has 0 bridgehead atoms. The molecule has 0 aliphatic heterocycles. The molecular formula is C12H12F2N2O2S2. The van der Waals surface area contributed by atoms with E-state index in [0.717, 1.165) is 14.6 Å². The van der Waals surface area contributed by atoms with Crippen LogP contribution in [0.1, 0.15) is 0 Å². The Labute approximate surface area is 122 Å². The molecule has 4 nitrogen and oxygen atoms in total. The lowest BCUT2D eigenvalue weighted by Crippen LogP contribution is -2.36. The maximum atomic E-state index is 12.0. The molecule has 2 aromatic rings. The number of halogens is 2. The van der Waals surface area contributed by atoms with Crippen molar-refractivity contribution < 1.29 is 18.7 Å². The molecule has 1 atom stereocenters. The molecule has 2 rings (SSSR count). The van der Waals surface area contributed by atoms with Crippen LogP contribution < -0.4 is 5.32 Å². The highest BCUT2D eigenvalue weighted by atomic mass is 32.2. The summed E-state index contributed by atoms with van der Waals surface area (Å²) in [7, 11) is 0. The summed E-state index contributed by atoms with van der Waals surface area (Å²) in [4.78, 5) is 15.8. The number of aromatic nitrogens is 1. The fraction of sp³-hybridized carbons (Fsp3) is 0.333. The number of hydrogen-bond donors (Lipinski definition) is 2. The second kappa shape index (κ2) is 6.96. The molecule has 0 aliphatic carbocycles. The van der Waals surface area contributed by atoms with Gasteiger partial charge in [0.05, 0.1) is 16.0 Å². The molecular weight excluding hydrogens is 306 g/mol. The number of hydrogen-bond acceptors (Lipinski definition) is 5. The van der Waals surface area contributed by atoms with Crippen LogP contribution in [-0.4, -0.2) is 40.8 Å². The second-order valence-electron chi connectivity index (χ2n) is 3.94. The maximum absolute atomic E-state index is 12.0. The van der Waals surface area contributed by atoms with Gasteiger partial charge in [0.25, 0.3) is 6.43 Å². The molecule has 108 valence electrons. The third-order valence-electron chi connectivity index (χ3n) is 2.40. The molecule has 8 heteroatoms. The van der Waals surface area contributed by atoms with E-state index >= 15 is 0 Å². The topological polar surface area (TPSA) is 62.2 Å². The minimum Gasteiger partial charge on any atom is -0.385 e. The molecule has 1 heterocycles. The van der Waals surface area contributed by atoms with Crippen molar-refractivity contribution in [3.05, 3.63) is 24.3 Å². The van der Waals surface area contributed by atoms with Crippen molar-refractivity contribution in [2.45, 2.75) is 16.9 Å². The Balaban J connectivity index is 1.81. The fourth-order valence-electron chi connectivity index (χ4n) is 1.40. The first kappa shape index (κ1) is 15.1. The van der Waals surface area contributed by atoms with Crippen molar-refractivity contribution in [1.82, 2.24) is 10.3 Å². The zero-order valence-corrected chi connectivity index (χ0v) is 11.9. The number of alkyl halides is 2. The Bertz CT molecular complexity index is 559. The van der Waals surface area contributed by atoms with Crippen LogP contribution in [0.4, 0.5) is 8.78 Å². The molecule has 0 spiro atoms. The van der Waals surface area contributed by atoms with Gasteiger partial charge >= 0.3 is 0 Å². The van der Waals surface area contributed by atoms with E-state index in [2.05, 4.69) is 10.3 Å². The SMILES string of the molecule is O=C(CSc1nc2ccccc2s1)NCC(O)C(F)F. The molecule has 1 unspecified atom stereocenters. The van der Waals surface area contributed by atoms with Crippen LogP contribution in [0.25, 0.3) is 10.2 Å². The number of nitrogens with zero attached hydrogens (tertiary/aromatic N) is 1. The van der Waals surface area contributed by atoms with Gasteiger partial charge in [0, 0.05) is 6.54 Å². The number of benzene rings is 1. The minimum absolute atomic E-state index is 0.0791. The number of thioether (sulfide) groups is 1. The number of carbonyl (C=O) groups excluding carboxylic acids is 1. The van der Waals surface area contributed by atoms with Crippen molar-refractivity contribution in [3.8, 4) is 0 Å². The van der Waals surface area contributed by atoms with E-state index in [0.29, 0.717) is 0 Å². The Hall–Kier alpha value is -1.25. The Morgan fingerprint density at radius 2 is 2.20 bits per heavy atom. The summed E-state index contributed by atoms with van der Waals surface area (Å²) in [6, 6.07) is 7.62. The Kier molecular flexibility index (Phi) is 5.27. The molecule has 20 heavy (non-hydrogen) atoms. The van der Waals surface area contributed by atoms with Gasteiger partial charge in [0.2, 0.25) is 5.91 Å². The van der Waals surface area contributed by atoms with Crippen molar-refractivity contribution in [2.75, 3.05) is 12.3 Å². The van der Waals surface area contributed by atoms with Crippen molar-refractivity contribution in [3.63, 3.8) is 0 Å². The summed E-state index contributed by atoms with van der Waals surface area (Å²) >= 11 is 2.71. The lowest BCUT2D eigenvalue weighted by Gasteiger charge is -2.09. The van der Waals surface area contributed by atoms with Gasteiger partial charge in [-0.1, -0.05) is 23.9 Å². The average Bonchev–Trinajstić information content (AvgIpc) is 2.85. The highest BCUT2D eigenvalue weighted by molar-refractivity contribution is 8.01. The largest absolute Gasteiger partial charge is 0.385 e. The van der Waals surface area contributed by atoms with Gasteiger partial charge in [-0.3, -0.25) is 4.79 Å². The number of amides is 1. The highest BCUT2D eigenvalue weighted by Crippen LogP contribution is 2.28. The molecule has 1 aromatic carbocycles. The van der Waals surface area contributed by atoms with Gasteiger partial charge in [-0.25, -0.2) is 13.8 Å². The van der Waals surface area contributed by atoms with Crippen LogP contribution in [0.5, 0.6) is 0 Å². The predicted molar refractivity (Wildman–Crippen MR) is 75.4 cm³/mol. The number of nitrogens with one attached hydrogen (secondary N) is 1. The van der Waals surface area contributed by atoms with Crippen LogP contribution in [0.2, 0.25) is 0 Å². The van der Waals surface area contributed by atoms with E-state index in [1.54, 1.807) is 0 Å². The number of aliphatic hydroxyl groups excluding tert-OH is 1. The van der Waals surface area contributed by atoms with Crippen LogP contribution in [0.3, 0.4) is 0 Å². The normalized spacial score (nSPS) is 12.8. The summed E-state index contributed by atoms with van der Waals surface area (Å²) in [6.45, 7) is -0.448. The lowest BCUT2D eigenvalue weighted by molar-refractivity contribution is -0.119. The summed E-state index contributed by atoms with van der Waals surface area (Å²) in [6.07, 6.45) is -4.68. The zero-order chi connectivity index (χ0) is 14.5. The standard InChI is InChI=1S/C12H12F2N2O2S2/c13-11(14)8(17)5-15-10(18)6-19-12-16-7-3-1-2-4-9(7)20-12/h1-4,8,11,17H,5-6H2,(H,15,18). The molecule has 1 amide bonds. The number of para-hydroxylation sites is 1. The molecule has 0 saturated carbocycles. The third kappa shape index (κ3) is 4.12.